The second-order valence-electron chi connectivity index (χ2n) is 4.73. The minimum Gasteiger partial charge on any atom is -0.472 e. The number of nitrogens with zero attached hydrogens (tertiary/aromatic N) is 2. The number of hydrogen-bond acceptors (Lipinski definition) is 5. The number of rotatable bonds is 8. The number of pyridine rings is 2. The maximum Gasteiger partial charge on any atom is 0.213 e. The van der Waals surface area contributed by atoms with Gasteiger partial charge >= 0.3 is 0 Å². The van der Waals surface area contributed by atoms with Crippen LogP contribution in [0.4, 0.5) is 0 Å². The van der Waals surface area contributed by atoms with E-state index < -0.39 is 0 Å². The quantitative estimate of drug-likeness (QED) is 0.747. The summed E-state index contributed by atoms with van der Waals surface area (Å²) >= 11 is 0. The van der Waals surface area contributed by atoms with E-state index in [4.69, 9.17) is 14.2 Å². The molecule has 0 aliphatic heterocycles. The van der Waals surface area contributed by atoms with Crippen LogP contribution in [0.3, 0.4) is 0 Å². The summed E-state index contributed by atoms with van der Waals surface area (Å²) in [5.74, 6) is 1.21. The molecule has 112 valence electrons. The summed E-state index contributed by atoms with van der Waals surface area (Å²) < 4.78 is 16.8. The summed E-state index contributed by atoms with van der Waals surface area (Å²) in [6.07, 6.45) is 3.26. The largest absolute Gasteiger partial charge is 0.472 e. The van der Waals surface area contributed by atoms with Crippen molar-refractivity contribution >= 4 is 0 Å². The highest BCUT2D eigenvalue weighted by molar-refractivity contribution is 5.10. The molecule has 0 spiro atoms. The Morgan fingerprint density at radius 2 is 1.29 bits per heavy atom. The van der Waals surface area contributed by atoms with Crippen molar-refractivity contribution < 1.29 is 14.2 Å². The molecule has 0 N–H and O–H groups in total. The van der Waals surface area contributed by atoms with Gasteiger partial charge in [-0.15, -0.1) is 0 Å². The van der Waals surface area contributed by atoms with Crippen LogP contribution in [-0.2, 0) is 4.74 Å². The van der Waals surface area contributed by atoms with Gasteiger partial charge in [0.2, 0.25) is 11.8 Å². The van der Waals surface area contributed by atoms with Gasteiger partial charge in [-0.3, -0.25) is 0 Å². The zero-order valence-corrected chi connectivity index (χ0v) is 12.3. The predicted octanol–water partition coefficient (Wildman–Crippen LogP) is 2.73. The topological polar surface area (TPSA) is 53.5 Å². The van der Waals surface area contributed by atoms with E-state index >= 15 is 0 Å². The summed E-state index contributed by atoms with van der Waals surface area (Å²) in [4.78, 5) is 8.21. The zero-order chi connectivity index (χ0) is 14.9. The second kappa shape index (κ2) is 8.21. The first-order chi connectivity index (χ1) is 10.2. The van der Waals surface area contributed by atoms with Gasteiger partial charge in [-0.2, -0.15) is 0 Å². The molecule has 0 unspecified atom stereocenters. The summed E-state index contributed by atoms with van der Waals surface area (Å²) in [6, 6.07) is 11.1. The summed E-state index contributed by atoms with van der Waals surface area (Å²) in [7, 11) is 0. The molecule has 0 radical (unpaired) electrons. The Bertz CT molecular complexity index is 460. The first kappa shape index (κ1) is 15.3. The van der Waals surface area contributed by atoms with Crippen molar-refractivity contribution in [2.75, 3.05) is 13.2 Å². The lowest BCUT2D eigenvalue weighted by Crippen LogP contribution is -2.25. The molecule has 2 heterocycles. The van der Waals surface area contributed by atoms with Crippen molar-refractivity contribution in [3.05, 3.63) is 48.8 Å². The van der Waals surface area contributed by atoms with Crippen LogP contribution < -0.4 is 9.47 Å². The third kappa shape index (κ3) is 5.79. The SMILES string of the molecule is C[C@H](COC[C@@H](C)Oc1ccccn1)Oc1ccccn1. The lowest BCUT2D eigenvalue weighted by molar-refractivity contribution is 0.0165. The molecule has 0 saturated heterocycles. The molecule has 5 heteroatoms. The lowest BCUT2D eigenvalue weighted by Gasteiger charge is -2.17. The smallest absolute Gasteiger partial charge is 0.213 e. The molecule has 2 aromatic rings. The molecule has 0 amide bonds. The van der Waals surface area contributed by atoms with Gasteiger partial charge in [0.15, 0.2) is 0 Å². The lowest BCUT2D eigenvalue weighted by atomic mass is 10.4. The highest BCUT2D eigenvalue weighted by Gasteiger charge is 2.08. The fourth-order valence-corrected chi connectivity index (χ4v) is 1.71. The van der Waals surface area contributed by atoms with Gasteiger partial charge in [-0.1, -0.05) is 12.1 Å². The van der Waals surface area contributed by atoms with Crippen LogP contribution in [0.5, 0.6) is 11.8 Å². The van der Waals surface area contributed by atoms with Crippen molar-refractivity contribution in [1.29, 1.82) is 0 Å². The fraction of sp³-hybridized carbons (Fsp3) is 0.375. The first-order valence-electron chi connectivity index (χ1n) is 6.97. The van der Waals surface area contributed by atoms with Crippen molar-refractivity contribution in [2.45, 2.75) is 26.1 Å². The highest BCUT2D eigenvalue weighted by atomic mass is 16.6. The molecule has 21 heavy (non-hydrogen) atoms. The Morgan fingerprint density at radius 3 is 1.67 bits per heavy atom. The van der Waals surface area contributed by atoms with Crippen LogP contribution in [-0.4, -0.2) is 35.4 Å². The minimum atomic E-state index is -0.0676. The van der Waals surface area contributed by atoms with Gasteiger partial charge in [0.25, 0.3) is 0 Å². The molecule has 2 rings (SSSR count). The van der Waals surface area contributed by atoms with Gasteiger partial charge in [0.1, 0.15) is 12.2 Å². The van der Waals surface area contributed by atoms with E-state index in [9.17, 15) is 0 Å². The van der Waals surface area contributed by atoms with Gasteiger partial charge in [0.05, 0.1) is 13.2 Å². The van der Waals surface area contributed by atoms with Crippen LogP contribution in [0, 0.1) is 0 Å². The first-order valence-corrected chi connectivity index (χ1v) is 6.97. The van der Waals surface area contributed by atoms with Crippen LogP contribution in [0.25, 0.3) is 0 Å². The van der Waals surface area contributed by atoms with Crippen LogP contribution in [0.1, 0.15) is 13.8 Å². The standard InChI is InChI=1S/C16H20N2O3/c1-13(20-15-7-3-5-9-17-15)11-19-12-14(2)21-16-8-4-6-10-18-16/h3-10,13-14H,11-12H2,1-2H3/t13-,14-/m1/s1. The maximum absolute atomic E-state index is 5.63. The van der Waals surface area contributed by atoms with Crippen molar-refractivity contribution in [2.24, 2.45) is 0 Å². The molecule has 2 aromatic heterocycles. The molecule has 0 aliphatic carbocycles. The Labute approximate surface area is 124 Å². The number of ether oxygens (including phenoxy) is 3. The molecule has 2 atom stereocenters. The van der Waals surface area contributed by atoms with E-state index in [0.717, 1.165) is 0 Å². The molecule has 0 bridgehead atoms. The molecule has 0 aliphatic rings. The third-order valence-electron chi connectivity index (χ3n) is 2.62. The van der Waals surface area contributed by atoms with E-state index in [0.29, 0.717) is 25.0 Å². The Balaban J connectivity index is 1.64. The molecule has 0 fully saturated rings. The van der Waals surface area contributed by atoms with Crippen LogP contribution in [0.2, 0.25) is 0 Å². The van der Waals surface area contributed by atoms with Crippen molar-refractivity contribution in [3.63, 3.8) is 0 Å². The summed E-state index contributed by atoms with van der Waals surface area (Å²) in [6.45, 7) is 4.84. The summed E-state index contributed by atoms with van der Waals surface area (Å²) in [5.41, 5.74) is 0. The van der Waals surface area contributed by atoms with Crippen molar-refractivity contribution in [1.82, 2.24) is 9.97 Å². The van der Waals surface area contributed by atoms with E-state index in [2.05, 4.69) is 9.97 Å². The normalized spacial score (nSPS) is 13.4. The minimum absolute atomic E-state index is 0.0676. The average molecular weight is 288 g/mol. The highest BCUT2D eigenvalue weighted by Crippen LogP contribution is 2.08. The Hall–Kier alpha value is -2.14. The van der Waals surface area contributed by atoms with Gasteiger partial charge < -0.3 is 14.2 Å². The predicted molar refractivity (Wildman–Crippen MR) is 79.5 cm³/mol. The van der Waals surface area contributed by atoms with Gasteiger partial charge in [-0.05, 0) is 26.0 Å². The van der Waals surface area contributed by atoms with Gasteiger partial charge in [-0.25, -0.2) is 9.97 Å². The number of aromatic nitrogens is 2. The Morgan fingerprint density at radius 1 is 0.810 bits per heavy atom. The average Bonchev–Trinajstić information content (AvgIpc) is 2.49. The Kier molecular flexibility index (Phi) is 5.97. The van der Waals surface area contributed by atoms with Crippen LogP contribution >= 0.6 is 0 Å². The van der Waals surface area contributed by atoms with E-state index in [1.54, 1.807) is 12.4 Å². The van der Waals surface area contributed by atoms with E-state index in [-0.39, 0.29) is 12.2 Å². The molecular formula is C16H20N2O3. The van der Waals surface area contributed by atoms with E-state index in [1.807, 2.05) is 50.2 Å². The van der Waals surface area contributed by atoms with Crippen molar-refractivity contribution in [3.8, 4) is 11.8 Å². The second-order valence-corrected chi connectivity index (χ2v) is 4.73. The fourth-order valence-electron chi connectivity index (χ4n) is 1.71. The monoisotopic (exact) mass is 288 g/mol. The van der Waals surface area contributed by atoms with Gasteiger partial charge in [0, 0.05) is 24.5 Å². The molecule has 0 aromatic carbocycles. The third-order valence-corrected chi connectivity index (χ3v) is 2.62. The number of hydrogen-bond donors (Lipinski definition) is 0. The maximum atomic E-state index is 5.63. The summed E-state index contributed by atoms with van der Waals surface area (Å²) in [5, 5.41) is 0. The molecular weight excluding hydrogens is 268 g/mol. The van der Waals surface area contributed by atoms with Crippen LogP contribution in [0.15, 0.2) is 48.8 Å². The molecule has 5 nitrogen and oxygen atoms in total. The molecule has 0 saturated carbocycles. The van der Waals surface area contributed by atoms with E-state index in [1.165, 1.54) is 0 Å². The zero-order valence-electron chi connectivity index (χ0n) is 12.3.